The second kappa shape index (κ2) is 15.6. The van der Waals surface area contributed by atoms with Crippen molar-refractivity contribution in [1.82, 2.24) is 4.90 Å². The van der Waals surface area contributed by atoms with Crippen LogP contribution in [0.15, 0.2) is 96.1 Å². The lowest BCUT2D eigenvalue weighted by molar-refractivity contribution is -0.150. The number of aliphatic hydroxyl groups is 1. The van der Waals surface area contributed by atoms with Crippen LogP contribution < -0.4 is 9.80 Å². The van der Waals surface area contributed by atoms with Gasteiger partial charge in [-0.25, -0.2) is 0 Å². The van der Waals surface area contributed by atoms with E-state index in [-0.39, 0.29) is 30.9 Å². The van der Waals surface area contributed by atoms with Crippen molar-refractivity contribution in [3.05, 3.63) is 113 Å². The van der Waals surface area contributed by atoms with Crippen LogP contribution in [0.2, 0.25) is 18.6 Å². The van der Waals surface area contributed by atoms with Crippen LogP contribution in [-0.2, 0) is 37.7 Å². The largest absolute Gasteiger partial charge is 0.432 e. The van der Waals surface area contributed by atoms with Gasteiger partial charge in [-0.05, 0) is 94.6 Å². The van der Waals surface area contributed by atoms with E-state index in [0.717, 1.165) is 36.0 Å². The minimum atomic E-state index is -3.07. The summed E-state index contributed by atoms with van der Waals surface area (Å²) in [4.78, 5) is 58.8. The van der Waals surface area contributed by atoms with Gasteiger partial charge in [0, 0.05) is 41.5 Å². The molecule has 3 aliphatic heterocycles. The third-order valence-electron chi connectivity index (χ3n) is 11.4. The lowest BCUT2D eigenvalue weighted by Crippen LogP contribution is -2.48. The number of rotatable bonds is 12. The number of hydrogen-bond donors (Lipinski definition) is 2. The molecular weight excluding hydrogens is 683 g/mol. The lowest BCUT2D eigenvalue weighted by atomic mass is 9.82. The molecule has 0 radical (unpaired) electrons. The molecule has 3 aliphatic rings. The Kier molecular flexibility index (Phi) is 11.3. The van der Waals surface area contributed by atoms with Crippen molar-refractivity contribution >= 4 is 43.6 Å². The number of para-hydroxylation sites is 1. The molecule has 3 aromatic rings. The zero-order valence-corrected chi connectivity index (χ0v) is 32.8. The van der Waals surface area contributed by atoms with E-state index in [1.54, 1.807) is 14.7 Å². The number of carbonyl (C=O) groups is 3. The predicted molar refractivity (Wildman–Crippen MR) is 211 cm³/mol. The summed E-state index contributed by atoms with van der Waals surface area (Å²) < 4.78 is 7.04. The third kappa shape index (κ3) is 7.42. The number of fused-ring (bicyclic) bond motifs is 3. The van der Waals surface area contributed by atoms with Gasteiger partial charge < -0.3 is 24.4 Å². The van der Waals surface area contributed by atoms with Crippen LogP contribution >= 0.6 is 0 Å². The van der Waals surface area contributed by atoms with Crippen LogP contribution in [-0.4, -0.2) is 66.6 Å². The van der Waals surface area contributed by atoms with Gasteiger partial charge in [-0.3, -0.25) is 19.3 Å². The Labute approximate surface area is 314 Å². The van der Waals surface area contributed by atoms with Crippen LogP contribution in [0.25, 0.3) is 0 Å². The smallest absolute Gasteiger partial charge is 0.264 e. The maximum Gasteiger partial charge on any atom is 0.264 e. The Morgan fingerprint density at radius 3 is 2.36 bits per heavy atom. The first-order valence-corrected chi connectivity index (χ1v) is 21.7. The van der Waals surface area contributed by atoms with Crippen LogP contribution in [0.5, 0.6) is 0 Å². The summed E-state index contributed by atoms with van der Waals surface area (Å²) in [5.74, 6) is -0.905. The fourth-order valence-corrected chi connectivity index (χ4v) is 11.3. The van der Waals surface area contributed by atoms with Gasteiger partial charge in [0.05, 0.1) is 30.9 Å². The molecule has 3 heterocycles. The molecule has 3 aromatic carbocycles. The fourth-order valence-electron chi connectivity index (χ4n) is 8.73. The van der Waals surface area contributed by atoms with Gasteiger partial charge in [0.2, 0.25) is 12.3 Å². The fraction of sp³-hybridized carbons (Fsp3) is 0.419. The summed E-state index contributed by atoms with van der Waals surface area (Å²) in [7, 11) is -3.07. The van der Waals surface area contributed by atoms with Crippen molar-refractivity contribution in [2.24, 2.45) is 5.92 Å². The molecule has 3 amide bonds. The number of amides is 3. The Balaban J connectivity index is 1.40. The molecule has 280 valence electrons. The molecule has 5 atom stereocenters. The topological polar surface area (TPSA) is 111 Å². The standard InChI is InChI=1S/C43H53N3O6Si/c1-29(2)13-12-14-30(3)21-22-44-38-20-19-35(46(28-48)34-17-8-7-9-18-34)24-37(38)43(42(44)50)31(4)41(53(5,6)51)39(52-43)25-40(49)45-26-33-16-11-10-15-32(33)23-36(45)27-47/h7-11,13,15-21,24,28,31,36,39,41,47,51H,12,14,22-23,25-27H2,1-6H3/b30-21+/t31-,36+,39+,41-,43+/m1/s1. The van der Waals surface area contributed by atoms with E-state index >= 15 is 4.79 Å². The molecule has 0 saturated carbocycles. The molecule has 2 N–H and O–H groups in total. The van der Waals surface area contributed by atoms with Crippen molar-refractivity contribution < 1.29 is 29.0 Å². The van der Waals surface area contributed by atoms with Crippen molar-refractivity contribution in [3.63, 3.8) is 0 Å². The average molecular weight is 736 g/mol. The Morgan fingerprint density at radius 2 is 1.70 bits per heavy atom. The minimum absolute atomic E-state index is 0.0391. The van der Waals surface area contributed by atoms with E-state index in [1.807, 2.05) is 92.8 Å². The van der Waals surface area contributed by atoms with Gasteiger partial charge in [-0.1, -0.05) is 72.7 Å². The molecule has 10 heteroatoms. The van der Waals surface area contributed by atoms with Gasteiger partial charge >= 0.3 is 0 Å². The molecule has 1 saturated heterocycles. The first-order chi connectivity index (χ1) is 25.3. The number of nitrogens with zero attached hydrogens (tertiary/aromatic N) is 3. The molecule has 1 fully saturated rings. The van der Waals surface area contributed by atoms with Gasteiger partial charge in [0.25, 0.3) is 5.91 Å². The van der Waals surface area contributed by atoms with Crippen molar-refractivity contribution in [3.8, 4) is 0 Å². The van der Waals surface area contributed by atoms with E-state index in [2.05, 4.69) is 32.9 Å². The van der Waals surface area contributed by atoms with Crippen LogP contribution in [0, 0.1) is 5.92 Å². The highest BCUT2D eigenvalue weighted by Gasteiger charge is 2.66. The number of anilines is 3. The summed E-state index contributed by atoms with van der Waals surface area (Å²) >= 11 is 0. The van der Waals surface area contributed by atoms with Crippen LogP contribution in [0.3, 0.4) is 0 Å². The summed E-state index contributed by atoms with van der Waals surface area (Å²) in [6.45, 7) is 12.4. The molecule has 53 heavy (non-hydrogen) atoms. The monoisotopic (exact) mass is 735 g/mol. The van der Waals surface area contributed by atoms with E-state index in [0.29, 0.717) is 42.1 Å². The highest BCUT2D eigenvalue weighted by atomic mass is 28.4. The predicted octanol–water partition coefficient (Wildman–Crippen LogP) is 7.15. The maximum atomic E-state index is 15.1. The highest BCUT2D eigenvalue weighted by Crippen LogP contribution is 2.60. The number of hydrogen-bond acceptors (Lipinski definition) is 6. The van der Waals surface area contributed by atoms with E-state index in [1.165, 1.54) is 5.57 Å². The summed E-state index contributed by atoms with van der Waals surface area (Å²) in [6.07, 6.45) is 6.59. The van der Waals surface area contributed by atoms with Gasteiger partial charge in [-0.15, -0.1) is 0 Å². The molecule has 9 nitrogen and oxygen atoms in total. The van der Waals surface area contributed by atoms with E-state index in [9.17, 15) is 19.5 Å². The van der Waals surface area contributed by atoms with Gasteiger partial charge in [0.15, 0.2) is 13.9 Å². The Hall–Kier alpha value is -4.35. The quantitative estimate of drug-likeness (QED) is 0.116. The second-order valence-corrected chi connectivity index (χ2v) is 19.7. The summed E-state index contributed by atoms with van der Waals surface area (Å²) in [5, 5.41) is 10.4. The van der Waals surface area contributed by atoms with Gasteiger partial charge in [-0.2, -0.15) is 0 Å². The average Bonchev–Trinajstić information content (AvgIpc) is 3.56. The maximum absolute atomic E-state index is 15.1. The zero-order valence-electron chi connectivity index (χ0n) is 31.8. The van der Waals surface area contributed by atoms with Crippen LogP contribution in [0.4, 0.5) is 17.1 Å². The molecule has 1 spiro atoms. The number of carbonyl (C=O) groups excluding carboxylic acids is 3. The number of aliphatic hydroxyl groups excluding tert-OH is 1. The number of allylic oxidation sites excluding steroid dienone is 3. The second-order valence-electron chi connectivity index (χ2n) is 15.7. The van der Waals surface area contributed by atoms with Crippen molar-refractivity contribution in [2.45, 2.75) is 96.3 Å². The SMILES string of the molecule is CC(C)=CCC/C(C)=C/CN1C(=O)[C@@]2(O[C@@H](CC(=O)N3Cc4ccccc4C[C@H]3CO)[C@H]([Si](C)(C)O)[C@H]2C)c2cc(N(C=O)c3ccccc3)ccc21. The van der Waals surface area contributed by atoms with Crippen LogP contribution in [0.1, 0.15) is 63.6 Å². The van der Waals surface area contributed by atoms with E-state index < -0.39 is 31.5 Å². The molecular formula is C43H53N3O6Si. The summed E-state index contributed by atoms with van der Waals surface area (Å²) in [6, 6.07) is 22.5. The molecule has 0 unspecified atom stereocenters. The molecule has 0 aliphatic carbocycles. The van der Waals surface area contributed by atoms with Crippen molar-refractivity contribution in [2.75, 3.05) is 23.0 Å². The number of benzene rings is 3. The Bertz CT molecular complexity index is 1900. The normalized spacial score (nSPS) is 23.9. The molecule has 0 bridgehead atoms. The van der Waals surface area contributed by atoms with E-state index in [4.69, 9.17) is 4.74 Å². The summed E-state index contributed by atoms with van der Waals surface area (Å²) in [5.41, 5.74) is 5.21. The highest BCUT2D eigenvalue weighted by molar-refractivity contribution is 6.71. The molecule has 0 aromatic heterocycles. The van der Waals surface area contributed by atoms with Crippen molar-refractivity contribution in [1.29, 1.82) is 0 Å². The first-order valence-electron chi connectivity index (χ1n) is 18.7. The third-order valence-corrected chi connectivity index (χ3v) is 13.9. The van der Waals surface area contributed by atoms with Gasteiger partial charge in [0.1, 0.15) is 0 Å². The first kappa shape index (κ1) is 38.4. The Morgan fingerprint density at radius 1 is 1.00 bits per heavy atom. The zero-order chi connectivity index (χ0) is 38.1. The minimum Gasteiger partial charge on any atom is -0.432 e. The lowest BCUT2D eigenvalue weighted by Gasteiger charge is -2.37. The molecule has 6 rings (SSSR count). The number of ether oxygens (including phenoxy) is 1.